The molecule has 1 aromatic carbocycles. The van der Waals surface area contributed by atoms with Crippen LogP contribution in [0.1, 0.15) is 0 Å². The number of benzene rings is 1. The molecule has 0 saturated carbocycles. The Bertz CT molecular complexity index is 587. The van der Waals surface area contributed by atoms with Gasteiger partial charge in [0.1, 0.15) is 11.5 Å². The van der Waals surface area contributed by atoms with Crippen LogP contribution in [0.2, 0.25) is 5.02 Å². The average Bonchev–Trinajstić information content (AvgIpc) is 2.63. The van der Waals surface area contributed by atoms with Gasteiger partial charge >= 0.3 is 17.8 Å². The van der Waals surface area contributed by atoms with Crippen molar-refractivity contribution in [3.8, 4) is 11.5 Å². The van der Waals surface area contributed by atoms with Crippen molar-refractivity contribution in [2.45, 2.75) is 0 Å². The van der Waals surface area contributed by atoms with Crippen LogP contribution in [0.15, 0.2) is 12.1 Å². The minimum atomic E-state index is -1.00. The zero-order chi connectivity index (χ0) is 14.2. The van der Waals surface area contributed by atoms with E-state index in [4.69, 9.17) is 21.1 Å². The molecule has 4 amide bonds. The summed E-state index contributed by atoms with van der Waals surface area (Å²) in [4.78, 5) is 35.0. The number of anilines is 1. The molecule has 1 N–H and O–H groups in total. The summed E-state index contributed by atoms with van der Waals surface area (Å²) in [6.07, 6.45) is 0. The van der Waals surface area contributed by atoms with Crippen molar-refractivity contribution in [3.05, 3.63) is 17.2 Å². The molecule has 0 aromatic heterocycles. The molecule has 19 heavy (non-hydrogen) atoms. The van der Waals surface area contributed by atoms with Gasteiger partial charge in [0, 0.05) is 6.07 Å². The van der Waals surface area contributed by atoms with E-state index in [1.807, 2.05) is 5.32 Å². The van der Waals surface area contributed by atoms with E-state index in [2.05, 4.69) is 0 Å². The predicted molar refractivity (Wildman–Crippen MR) is 65.6 cm³/mol. The monoisotopic (exact) mass is 284 g/mol. The second-order valence-corrected chi connectivity index (χ2v) is 3.97. The number of hydrogen-bond acceptors (Lipinski definition) is 5. The second kappa shape index (κ2) is 4.77. The predicted octanol–water partition coefficient (Wildman–Crippen LogP) is 0.940. The van der Waals surface area contributed by atoms with Crippen molar-refractivity contribution in [1.82, 2.24) is 5.32 Å². The van der Waals surface area contributed by atoms with Crippen molar-refractivity contribution in [2.75, 3.05) is 19.1 Å². The smallest absolute Gasteiger partial charge is 0.336 e. The average molecular weight is 285 g/mol. The van der Waals surface area contributed by atoms with Gasteiger partial charge in [0.05, 0.1) is 24.9 Å². The number of nitrogens with one attached hydrogen (secondary N) is 1. The van der Waals surface area contributed by atoms with E-state index in [-0.39, 0.29) is 16.5 Å². The summed E-state index contributed by atoms with van der Waals surface area (Å²) in [5.41, 5.74) is 0.0710. The maximum absolute atomic E-state index is 11.6. The topological polar surface area (TPSA) is 84.9 Å². The number of halogens is 1. The fourth-order valence-corrected chi connectivity index (χ4v) is 1.87. The van der Waals surface area contributed by atoms with E-state index in [0.29, 0.717) is 10.6 Å². The molecule has 1 aliphatic rings. The van der Waals surface area contributed by atoms with Crippen LogP contribution in [-0.4, -0.2) is 32.1 Å². The zero-order valence-electron chi connectivity index (χ0n) is 10.0. The summed E-state index contributed by atoms with van der Waals surface area (Å²) < 4.78 is 10.1. The fourth-order valence-electron chi connectivity index (χ4n) is 1.64. The van der Waals surface area contributed by atoms with E-state index in [1.54, 1.807) is 0 Å². The van der Waals surface area contributed by atoms with Crippen molar-refractivity contribution in [3.63, 3.8) is 0 Å². The molecule has 0 bridgehead atoms. The van der Waals surface area contributed by atoms with Gasteiger partial charge in [-0.05, 0) is 6.07 Å². The summed E-state index contributed by atoms with van der Waals surface area (Å²) >= 11 is 5.93. The van der Waals surface area contributed by atoms with E-state index in [9.17, 15) is 14.4 Å². The van der Waals surface area contributed by atoms with Gasteiger partial charge in [0.15, 0.2) is 0 Å². The summed E-state index contributed by atoms with van der Waals surface area (Å²) in [5, 5.41) is 2.06. The minimum absolute atomic E-state index is 0.0710. The molecule has 1 heterocycles. The molecule has 0 spiro atoms. The van der Waals surface area contributed by atoms with Gasteiger partial charge in [-0.25, -0.2) is 9.69 Å². The van der Waals surface area contributed by atoms with Crippen LogP contribution in [0.5, 0.6) is 11.5 Å². The number of carbonyl (C=O) groups is 3. The Morgan fingerprint density at radius 2 is 1.74 bits per heavy atom. The van der Waals surface area contributed by atoms with Crippen molar-refractivity contribution in [1.29, 1.82) is 0 Å². The number of ether oxygens (including phenoxy) is 2. The molecule has 1 fully saturated rings. The minimum Gasteiger partial charge on any atom is -0.495 e. The van der Waals surface area contributed by atoms with Gasteiger partial charge < -0.3 is 9.47 Å². The van der Waals surface area contributed by atoms with Crippen LogP contribution in [0.25, 0.3) is 0 Å². The second-order valence-electron chi connectivity index (χ2n) is 3.56. The van der Waals surface area contributed by atoms with Crippen molar-refractivity contribution >= 4 is 35.1 Å². The Hall–Kier alpha value is -2.28. The lowest BCUT2D eigenvalue weighted by molar-refractivity contribution is -0.134. The van der Waals surface area contributed by atoms with Crippen LogP contribution in [0.3, 0.4) is 0 Å². The molecular formula is C11H9ClN2O5. The lowest BCUT2D eigenvalue weighted by Crippen LogP contribution is -2.31. The lowest BCUT2D eigenvalue weighted by atomic mass is 10.2. The fraction of sp³-hybridized carbons (Fsp3) is 0.182. The third kappa shape index (κ3) is 2.08. The molecule has 0 radical (unpaired) electrons. The van der Waals surface area contributed by atoms with Gasteiger partial charge in [-0.15, -0.1) is 0 Å². The van der Waals surface area contributed by atoms with E-state index in [0.717, 1.165) is 0 Å². The molecule has 0 aliphatic carbocycles. The maximum Gasteiger partial charge on any atom is 0.336 e. The number of imide groups is 2. The SMILES string of the molecule is COc1cc(OC)c(N2C(=O)NC(=O)C2=O)cc1Cl. The first-order valence-corrected chi connectivity index (χ1v) is 5.48. The standard InChI is InChI=1S/C11H9ClN2O5/c1-18-7-4-8(19-2)6(3-5(7)12)14-10(16)9(15)13-11(14)17/h3-4H,1-2H3,(H,13,15,17). The molecule has 1 aromatic rings. The molecule has 1 aliphatic heterocycles. The van der Waals surface area contributed by atoms with Gasteiger partial charge in [-0.2, -0.15) is 0 Å². The zero-order valence-corrected chi connectivity index (χ0v) is 10.8. The van der Waals surface area contributed by atoms with Gasteiger partial charge in [-0.3, -0.25) is 14.9 Å². The first-order valence-electron chi connectivity index (χ1n) is 5.10. The molecule has 7 nitrogen and oxygen atoms in total. The summed E-state index contributed by atoms with van der Waals surface area (Å²) in [5.74, 6) is -1.50. The van der Waals surface area contributed by atoms with Gasteiger partial charge in [-0.1, -0.05) is 11.6 Å². The molecule has 0 unspecified atom stereocenters. The van der Waals surface area contributed by atoms with Crippen LogP contribution in [0.4, 0.5) is 10.5 Å². The van der Waals surface area contributed by atoms with E-state index >= 15 is 0 Å². The first kappa shape index (κ1) is 13.2. The van der Waals surface area contributed by atoms with Crippen molar-refractivity contribution < 1.29 is 23.9 Å². The number of hydrogen-bond donors (Lipinski definition) is 1. The third-order valence-electron chi connectivity index (χ3n) is 2.52. The van der Waals surface area contributed by atoms with Gasteiger partial charge in [0.25, 0.3) is 0 Å². The molecule has 1 saturated heterocycles. The summed E-state index contributed by atoms with van der Waals surface area (Å²) in [7, 11) is 2.77. The Morgan fingerprint density at radius 3 is 2.21 bits per heavy atom. The number of urea groups is 1. The normalized spacial score (nSPS) is 14.7. The van der Waals surface area contributed by atoms with Crippen LogP contribution < -0.4 is 19.7 Å². The highest BCUT2D eigenvalue weighted by molar-refractivity contribution is 6.53. The molecule has 8 heteroatoms. The van der Waals surface area contributed by atoms with E-state index in [1.165, 1.54) is 26.4 Å². The van der Waals surface area contributed by atoms with Crippen molar-refractivity contribution in [2.24, 2.45) is 0 Å². The summed E-state index contributed by atoms with van der Waals surface area (Å²) in [6.45, 7) is 0. The number of carbonyl (C=O) groups excluding carboxylic acids is 3. The largest absolute Gasteiger partial charge is 0.495 e. The number of rotatable bonds is 3. The molecule has 100 valence electrons. The van der Waals surface area contributed by atoms with Crippen LogP contribution >= 0.6 is 11.6 Å². The molecule has 2 rings (SSSR count). The van der Waals surface area contributed by atoms with Crippen LogP contribution in [-0.2, 0) is 9.59 Å². The number of amides is 4. The lowest BCUT2D eigenvalue weighted by Gasteiger charge is -2.17. The Morgan fingerprint density at radius 1 is 1.11 bits per heavy atom. The van der Waals surface area contributed by atoms with E-state index < -0.39 is 17.8 Å². The highest BCUT2D eigenvalue weighted by Gasteiger charge is 2.39. The number of methoxy groups -OCH3 is 2. The maximum atomic E-state index is 11.6. The Balaban J connectivity index is 2.56. The number of nitrogens with zero attached hydrogens (tertiary/aromatic N) is 1. The molecular weight excluding hydrogens is 276 g/mol. The van der Waals surface area contributed by atoms with Crippen LogP contribution in [0, 0.1) is 0 Å². The third-order valence-corrected chi connectivity index (χ3v) is 2.81. The highest BCUT2D eigenvalue weighted by atomic mass is 35.5. The quantitative estimate of drug-likeness (QED) is 0.659. The Kier molecular flexibility index (Phi) is 3.30. The summed E-state index contributed by atoms with van der Waals surface area (Å²) in [6, 6.07) is 1.88. The highest BCUT2D eigenvalue weighted by Crippen LogP contribution is 2.38. The van der Waals surface area contributed by atoms with Gasteiger partial charge in [0.2, 0.25) is 0 Å². The Labute approximate surface area is 113 Å². The first-order chi connectivity index (χ1) is 8.99. The molecule has 0 atom stereocenters.